The SMILES string of the molecule is CCCN(CCN)C1CCN(C(=O)c2ccccc2)CC1. The maximum absolute atomic E-state index is 12.4. The first kappa shape index (κ1) is 16.0. The Labute approximate surface area is 127 Å². The molecule has 21 heavy (non-hydrogen) atoms. The first-order chi connectivity index (χ1) is 10.3. The molecule has 0 aliphatic carbocycles. The number of nitrogens with zero attached hydrogens (tertiary/aromatic N) is 2. The Hall–Kier alpha value is -1.39. The lowest BCUT2D eigenvalue weighted by Gasteiger charge is -2.38. The molecule has 1 aliphatic rings. The Morgan fingerprint density at radius 3 is 2.48 bits per heavy atom. The van der Waals surface area contributed by atoms with E-state index in [1.54, 1.807) is 0 Å². The van der Waals surface area contributed by atoms with Gasteiger partial charge in [0.15, 0.2) is 0 Å². The zero-order chi connectivity index (χ0) is 15.1. The minimum absolute atomic E-state index is 0.162. The molecule has 0 aromatic heterocycles. The fraction of sp³-hybridized carbons (Fsp3) is 0.588. The molecule has 4 nitrogen and oxygen atoms in total. The Morgan fingerprint density at radius 2 is 1.90 bits per heavy atom. The van der Waals surface area contributed by atoms with Crippen LogP contribution in [0.5, 0.6) is 0 Å². The molecule has 1 aromatic carbocycles. The van der Waals surface area contributed by atoms with E-state index in [-0.39, 0.29) is 5.91 Å². The van der Waals surface area contributed by atoms with Crippen molar-refractivity contribution >= 4 is 5.91 Å². The minimum atomic E-state index is 0.162. The zero-order valence-electron chi connectivity index (χ0n) is 13.0. The second-order valence-corrected chi connectivity index (χ2v) is 5.71. The van der Waals surface area contributed by atoms with Gasteiger partial charge in [0.2, 0.25) is 0 Å². The molecule has 1 amide bonds. The molecule has 0 unspecified atom stereocenters. The molecule has 1 fully saturated rings. The van der Waals surface area contributed by atoms with Crippen molar-refractivity contribution in [2.24, 2.45) is 5.73 Å². The number of hydrogen-bond donors (Lipinski definition) is 1. The second-order valence-electron chi connectivity index (χ2n) is 5.71. The van der Waals surface area contributed by atoms with Gasteiger partial charge in [-0.25, -0.2) is 0 Å². The van der Waals surface area contributed by atoms with Crippen LogP contribution in [0.4, 0.5) is 0 Å². The predicted molar refractivity (Wildman–Crippen MR) is 86.3 cm³/mol. The highest BCUT2D eigenvalue weighted by atomic mass is 16.2. The molecular weight excluding hydrogens is 262 g/mol. The molecule has 1 aromatic rings. The number of hydrogen-bond acceptors (Lipinski definition) is 3. The van der Waals surface area contributed by atoms with E-state index in [0.29, 0.717) is 12.6 Å². The van der Waals surface area contributed by atoms with E-state index in [1.807, 2.05) is 35.2 Å². The summed E-state index contributed by atoms with van der Waals surface area (Å²) >= 11 is 0. The van der Waals surface area contributed by atoms with E-state index in [1.165, 1.54) is 0 Å². The Morgan fingerprint density at radius 1 is 1.24 bits per heavy atom. The Bertz CT molecular complexity index is 421. The number of likely N-dealkylation sites (tertiary alicyclic amines) is 1. The summed E-state index contributed by atoms with van der Waals surface area (Å²) in [5, 5.41) is 0. The van der Waals surface area contributed by atoms with Gasteiger partial charge in [-0.1, -0.05) is 25.1 Å². The summed E-state index contributed by atoms with van der Waals surface area (Å²) in [5.41, 5.74) is 6.51. The summed E-state index contributed by atoms with van der Waals surface area (Å²) in [6.45, 7) is 6.69. The highest BCUT2D eigenvalue weighted by Gasteiger charge is 2.26. The van der Waals surface area contributed by atoms with E-state index in [4.69, 9.17) is 5.73 Å². The fourth-order valence-electron chi connectivity index (χ4n) is 3.13. The third-order valence-electron chi connectivity index (χ3n) is 4.22. The molecule has 0 radical (unpaired) electrons. The number of nitrogens with two attached hydrogens (primary N) is 1. The summed E-state index contributed by atoms with van der Waals surface area (Å²) in [6.07, 6.45) is 3.26. The Kier molecular flexibility index (Phi) is 6.21. The van der Waals surface area contributed by atoms with Gasteiger partial charge in [0, 0.05) is 37.8 Å². The monoisotopic (exact) mass is 289 g/mol. The third kappa shape index (κ3) is 4.29. The Balaban J connectivity index is 1.89. The second kappa shape index (κ2) is 8.15. The maximum Gasteiger partial charge on any atom is 0.253 e. The number of rotatable bonds is 6. The lowest BCUT2D eigenvalue weighted by molar-refractivity contribution is 0.0622. The summed E-state index contributed by atoms with van der Waals surface area (Å²) in [5.74, 6) is 0.162. The minimum Gasteiger partial charge on any atom is -0.339 e. The number of amides is 1. The molecule has 2 rings (SSSR count). The van der Waals surface area contributed by atoms with Crippen molar-refractivity contribution < 1.29 is 4.79 Å². The maximum atomic E-state index is 12.4. The van der Waals surface area contributed by atoms with Gasteiger partial charge in [0.25, 0.3) is 5.91 Å². The van der Waals surface area contributed by atoms with E-state index >= 15 is 0 Å². The molecule has 116 valence electrons. The molecule has 1 saturated heterocycles. The molecular formula is C17H27N3O. The van der Waals surface area contributed by atoms with Crippen LogP contribution in [0.25, 0.3) is 0 Å². The largest absolute Gasteiger partial charge is 0.339 e. The topological polar surface area (TPSA) is 49.6 Å². The van der Waals surface area contributed by atoms with Crippen molar-refractivity contribution in [1.29, 1.82) is 0 Å². The molecule has 0 bridgehead atoms. The number of piperidine rings is 1. The van der Waals surface area contributed by atoms with Gasteiger partial charge in [-0.15, -0.1) is 0 Å². The van der Waals surface area contributed by atoms with Crippen molar-refractivity contribution in [3.63, 3.8) is 0 Å². The zero-order valence-corrected chi connectivity index (χ0v) is 13.0. The van der Waals surface area contributed by atoms with Gasteiger partial charge in [0.1, 0.15) is 0 Å². The van der Waals surface area contributed by atoms with E-state index < -0.39 is 0 Å². The number of carbonyl (C=O) groups excluding carboxylic acids is 1. The van der Waals surface area contributed by atoms with Gasteiger partial charge < -0.3 is 10.6 Å². The average Bonchev–Trinajstić information content (AvgIpc) is 2.55. The summed E-state index contributed by atoms with van der Waals surface area (Å²) in [7, 11) is 0. The molecule has 1 aliphatic heterocycles. The standard InChI is InChI=1S/C17H27N3O/c1-2-11-19(14-10-18)16-8-12-20(13-9-16)17(21)15-6-4-3-5-7-15/h3-7,16H,2,8-14,18H2,1H3. The van der Waals surface area contributed by atoms with Gasteiger partial charge in [-0.2, -0.15) is 0 Å². The van der Waals surface area contributed by atoms with Crippen LogP contribution in [-0.4, -0.2) is 54.5 Å². The number of benzene rings is 1. The molecule has 2 N–H and O–H groups in total. The molecule has 0 atom stereocenters. The van der Waals surface area contributed by atoms with Gasteiger partial charge in [-0.05, 0) is 37.9 Å². The average molecular weight is 289 g/mol. The third-order valence-corrected chi connectivity index (χ3v) is 4.22. The van der Waals surface area contributed by atoms with Crippen LogP contribution in [0.3, 0.4) is 0 Å². The van der Waals surface area contributed by atoms with E-state index in [9.17, 15) is 4.79 Å². The van der Waals surface area contributed by atoms with Crippen molar-refractivity contribution in [3.8, 4) is 0 Å². The van der Waals surface area contributed by atoms with E-state index in [2.05, 4.69) is 11.8 Å². The summed E-state index contributed by atoms with van der Waals surface area (Å²) in [6, 6.07) is 10.2. The van der Waals surface area contributed by atoms with Crippen LogP contribution in [0.15, 0.2) is 30.3 Å². The molecule has 1 heterocycles. The van der Waals surface area contributed by atoms with Crippen LogP contribution in [0.1, 0.15) is 36.5 Å². The van der Waals surface area contributed by atoms with E-state index in [0.717, 1.165) is 51.0 Å². The van der Waals surface area contributed by atoms with Crippen LogP contribution < -0.4 is 5.73 Å². The summed E-state index contributed by atoms with van der Waals surface area (Å²) < 4.78 is 0. The lowest BCUT2D eigenvalue weighted by Crippen LogP contribution is -2.48. The molecule has 4 heteroatoms. The van der Waals surface area contributed by atoms with Gasteiger partial charge in [-0.3, -0.25) is 9.69 Å². The lowest BCUT2D eigenvalue weighted by atomic mass is 10.0. The van der Waals surface area contributed by atoms with Crippen LogP contribution in [-0.2, 0) is 0 Å². The highest BCUT2D eigenvalue weighted by Crippen LogP contribution is 2.18. The molecule has 0 saturated carbocycles. The van der Waals surface area contributed by atoms with Crippen LogP contribution in [0.2, 0.25) is 0 Å². The fourth-order valence-corrected chi connectivity index (χ4v) is 3.13. The van der Waals surface area contributed by atoms with Gasteiger partial charge >= 0.3 is 0 Å². The van der Waals surface area contributed by atoms with Gasteiger partial charge in [0.05, 0.1) is 0 Å². The first-order valence-corrected chi connectivity index (χ1v) is 8.04. The predicted octanol–water partition coefficient (Wildman–Crippen LogP) is 1.96. The van der Waals surface area contributed by atoms with Crippen molar-refractivity contribution in [2.75, 3.05) is 32.7 Å². The first-order valence-electron chi connectivity index (χ1n) is 8.04. The summed E-state index contributed by atoms with van der Waals surface area (Å²) in [4.78, 5) is 16.9. The normalized spacial score (nSPS) is 16.4. The van der Waals surface area contributed by atoms with Crippen molar-refractivity contribution in [1.82, 2.24) is 9.80 Å². The molecule has 0 spiro atoms. The highest BCUT2D eigenvalue weighted by molar-refractivity contribution is 5.94. The van der Waals surface area contributed by atoms with Crippen molar-refractivity contribution in [3.05, 3.63) is 35.9 Å². The quantitative estimate of drug-likeness (QED) is 0.871. The van der Waals surface area contributed by atoms with Crippen LogP contribution in [0, 0.1) is 0 Å². The number of carbonyl (C=O) groups is 1. The van der Waals surface area contributed by atoms with Crippen molar-refractivity contribution in [2.45, 2.75) is 32.2 Å². The van der Waals surface area contributed by atoms with Crippen LogP contribution >= 0.6 is 0 Å². The smallest absolute Gasteiger partial charge is 0.253 e.